The van der Waals surface area contributed by atoms with Crippen molar-refractivity contribution >= 4 is 29.0 Å². The number of carbonyl (C=O) groups excluding carboxylic acids is 1. The molecule has 31 heavy (non-hydrogen) atoms. The molecule has 160 valence electrons. The fourth-order valence-electron chi connectivity index (χ4n) is 3.87. The Morgan fingerprint density at radius 3 is 2.65 bits per heavy atom. The van der Waals surface area contributed by atoms with Gasteiger partial charge < -0.3 is 25.8 Å². The number of carbonyl (C=O) groups is 1. The largest absolute Gasteiger partial charge is 0.497 e. The zero-order valence-electron chi connectivity index (χ0n) is 16.9. The van der Waals surface area contributed by atoms with Gasteiger partial charge in [-0.15, -0.1) is 0 Å². The summed E-state index contributed by atoms with van der Waals surface area (Å²) in [6.45, 7) is 0.136. The van der Waals surface area contributed by atoms with Crippen LogP contribution in [-0.2, 0) is 6.54 Å². The van der Waals surface area contributed by atoms with Crippen molar-refractivity contribution in [1.82, 2.24) is 9.88 Å². The van der Waals surface area contributed by atoms with Crippen LogP contribution in [0.1, 0.15) is 33.1 Å². The van der Waals surface area contributed by atoms with Crippen LogP contribution in [0.4, 0.5) is 15.9 Å². The molecule has 2 aromatic carbocycles. The predicted molar refractivity (Wildman–Crippen MR) is 116 cm³/mol. The molecule has 0 aliphatic carbocycles. The summed E-state index contributed by atoms with van der Waals surface area (Å²) in [4.78, 5) is 19.0. The Morgan fingerprint density at radius 1 is 1.16 bits per heavy atom. The van der Waals surface area contributed by atoms with E-state index >= 15 is 0 Å². The second-order valence-corrected chi connectivity index (χ2v) is 7.47. The Labute approximate surface area is 183 Å². The van der Waals surface area contributed by atoms with Crippen LogP contribution in [0, 0.1) is 5.82 Å². The number of rotatable bonds is 5. The van der Waals surface area contributed by atoms with Gasteiger partial charge in [0.15, 0.2) is 0 Å². The van der Waals surface area contributed by atoms with E-state index in [4.69, 9.17) is 32.5 Å². The van der Waals surface area contributed by atoms with Gasteiger partial charge in [0.2, 0.25) is 0 Å². The van der Waals surface area contributed by atoms with Gasteiger partial charge in [0, 0.05) is 27.8 Å². The van der Waals surface area contributed by atoms with Gasteiger partial charge >= 0.3 is 0 Å². The Balaban J connectivity index is 1.89. The van der Waals surface area contributed by atoms with Crippen molar-refractivity contribution < 1.29 is 18.7 Å². The lowest BCUT2D eigenvalue weighted by Crippen LogP contribution is -2.29. The highest BCUT2D eigenvalue weighted by Crippen LogP contribution is 2.46. The highest BCUT2D eigenvalue weighted by molar-refractivity contribution is 6.31. The number of anilines is 2. The maximum absolute atomic E-state index is 14.1. The number of halogens is 2. The SMILES string of the molecule is COc1ccc(CN2C(=O)c3c(N)ncc(N)c3C2c2cc(F)ccc2Cl)c(OC)c1. The molecule has 1 aliphatic rings. The summed E-state index contributed by atoms with van der Waals surface area (Å²) >= 11 is 6.42. The average molecular weight is 443 g/mol. The minimum atomic E-state index is -0.747. The average Bonchev–Trinajstić information content (AvgIpc) is 3.06. The molecule has 2 heterocycles. The minimum Gasteiger partial charge on any atom is -0.497 e. The zero-order valence-corrected chi connectivity index (χ0v) is 17.6. The van der Waals surface area contributed by atoms with E-state index in [9.17, 15) is 9.18 Å². The zero-order chi connectivity index (χ0) is 22.3. The first-order valence-electron chi connectivity index (χ1n) is 9.36. The van der Waals surface area contributed by atoms with Gasteiger partial charge in [0.05, 0.1) is 44.3 Å². The van der Waals surface area contributed by atoms with Gasteiger partial charge in [-0.3, -0.25) is 4.79 Å². The highest BCUT2D eigenvalue weighted by Gasteiger charge is 2.42. The van der Waals surface area contributed by atoms with Crippen LogP contribution < -0.4 is 20.9 Å². The summed E-state index contributed by atoms with van der Waals surface area (Å²) in [5, 5.41) is 0.300. The van der Waals surface area contributed by atoms with E-state index < -0.39 is 11.9 Å². The fourth-order valence-corrected chi connectivity index (χ4v) is 4.09. The van der Waals surface area contributed by atoms with Crippen molar-refractivity contribution in [3.8, 4) is 11.5 Å². The molecular formula is C22H20ClFN4O3. The molecule has 0 radical (unpaired) electrons. The maximum Gasteiger partial charge on any atom is 0.259 e. The number of ether oxygens (including phenoxy) is 2. The van der Waals surface area contributed by atoms with Crippen molar-refractivity contribution in [2.45, 2.75) is 12.6 Å². The fraction of sp³-hybridized carbons (Fsp3) is 0.182. The van der Waals surface area contributed by atoms with Gasteiger partial charge in [-0.05, 0) is 30.3 Å². The molecule has 7 nitrogen and oxygen atoms in total. The van der Waals surface area contributed by atoms with E-state index in [1.165, 1.54) is 36.4 Å². The van der Waals surface area contributed by atoms with Gasteiger partial charge in [-0.1, -0.05) is 11.6 Å². The van der Waals surface area contributed by atoms with Gasteiger partial charge in [-0.25, -0.2) is 9.37 Å². The summed E-state index contributed by atoms with van der Waals surface area (Å²) in [7, 11) is 3.08. The number of aromatic nitrogens is 1. The molecule has 0 saturated heterocycles. The summed E-state index contributed by atoms with van der Waals surface area (Å²) in [5.74, 6) is 0.333. The van der Waals surface area contributed by atoms with Crippen LogP contribution >= 0.6 is 11.6 Å². The van der Waals surface area contributed by atoms with E-state index in [1.54, 1.807) is 25.3 Å². The quantitative estimate of drug-likeness (QED) is 0.622. The third-order valence-corrected chi connectivity index (χ3v) is 5.67. The van der Waals surface area contributed by atoms with E-state index in [0.717, 1.165) is 0 Å². The Bertz CT molecular complexity index is 1190. The monoisotopic (exact) mass is 442 g/mol. The van der Waals surface area contributed by atoms with Crippen LogP contribution in [0.25, 0.3) is 0 Å². The molecule has 1 atom stereocenters. The molecule has 3 aromatic rings. The van der Waals surface area contributed by atoms with Crippen molar-refractivity contribution in [2.24, 2.45) is 0 Å². The Morgan fingerprint density at radius 2 is 1.94 bits per heavy atom. The molecular weight excluding hydrogens is 423 g/mol. The summed E-state index contributed by atoms with van der Waals surface area (Å²) in [6, 6.07) is 8.53. The number of hydrogen-bond acceptors (Lipinski definition) is 6. The van der Waals surface area contributed by atoms with Crippen LogP contribution in [0.2, 0.25) is 5.02 Å². The van der Waals surface area contributed by atoms with E-state index in [1.807, 2.05) is 0 Å². The third kappa shape index (κ3) is 3.48. The summed E-state index contributed by atoms with van der Waals surface area (Å²) in [5.41, 5.74) is 14.3. The number of methoxy groups -OCH3 is 2. The van der Waals surface area contributed by atoms with Crippen molar-refractivity contribution in [1.29, 1.82) is 0 Å². The number of nitrogen functional groups attached to an aromatic ring is 2. The molecule has 1 aliphatic heterocycles. The Kier molecular flexibility index (Phi) is 5.32. The van der Waals surface area contributed by atoms with Crippen LogP contribution in [0.3, 0.4) is 0 Å². The second-order valence-electron chi connectivity index (χ2n) is 7.07. The molecule has 4 N–H and O–H groups in total. The lowest BCUT2D eigenvalue weighted by atomic mass is 9.96. The maximum atomic E-state index is 14.1. The van der Waals surface area contributed by atoms with Crippen LogP contribution in [-0.4, -0.2) is 30.0 Å². The van der Waals surface area contributed by atoms with E-state index in [2.05, 4.69) is 4.98 Å². The second kappa shape index (κ2) is 7.96. The van der Waals surface area contributed by atoms with Gasteiger partial charge in [0.1, 0.15) is 23.1 Å². The van der Waals surface area contributed by atoms with Crippen LogP contribution in [0.15, 0.2) is 42.6 Å². The standard InChI is InChI=1S/C22H20ClFN4O3/c1-30-13-5-3-11(17(8-13)31-2)10-28-20(14-7-12(24)4-6-15(14)23)18-16(25)9-27-21(26)19(18)22(28)29/h3-9,20H,10,25H2,1-2H3,(H2,26,27). The smallest absolute Gasteiger partial charge is 0.259 e. The van der Waals surface area contributed by atoms with Crippen molar-refractivity contribution in [3.05, 3.63) is 75.7 Å². The lowest BCUT2D eigenvalue weighted by Gasteiger charge is -2.27. The number of nitrogens with two attached hydrogens (primary N) is 2. The van der Waals surface area contributed by atoms with Crippen molar-refractivity contribution in [3.63, 3.8) is 0 Å². The summed E-state index contributed by atoms with van der Waals surface area (Å²) < 4.78 is 24.9. The normalized spacial score (nSPS) is 15.2. The first kappa shape index (κ1) is 20.7. The summed E-state index contributed by atoms with van der Waals surface area (Å²) in [6.07, 6.45) is 1.39. The molecule has 0 fully saturated rings. The molecule has 0 saturated carbocycles. The van der Waals surface area contributed by atoms with Gasteiger partial charge in [-0.2, -0.15) is 0 Å². The number of fused-ring (bicyclic) bond motifs is 1. The molecule has 1 unspecified atom stereocenters. The number of nitrogens with zero attached hydrogens (tertiary/aromatic N) is 2. The first-order chi connectivity index (χ1) is 14.8. The minimum absolute atomic E-state index is 0.0518. The molecule has 4 rings (SSSR count). The Hall–Kier alpha value is -3.52. The predicted octanol–water partition coefficient (Wildman–Crippen LogP) is 3.80. The van der Waals surface area contributed by atoms with E-state index in [0.29, 0.717) is 33.2 Å². The number of hydrogen-bond donors (Lipinski definition) is 2. The topological polar surface area (TPSA) is 104 Å². The van der Waals surface area contributed by atoms with E-state index in [-0.39, 0.29) is 29.5 Å². The molecule has 0 bridgehead atoms. The van der Waals surface area contributed by atoms with Crippen LogP contribution in [0.5, 0.6) is 11.5 Å². The number of benzene rings is 2. The lowest BCUT2D eigenvalue weighted by molar-refractivity contribution is 0.0735. The molecule has 9 heteroatoms. The first-order valence-corrected chi connectivity index (χ1v) is 9.74. The molecule has 1 aromatic heterocycles. The molecule has 1 amide bonds. The van der Waals surface area contributed by atoms with Gasteiger partial charge in [0.25, 0.3) is 5.91 Å². The van der Waals surface area contributed by atoms with Crippen molar-refractivity contribution in [2.75, 3.05) is 25.7 Å². The third-order valence-electron chi connectivity index (χ3n) is 5.33. The number of pyridine rings is 1. The molecule has 0 spiro atoms. The number of amides is 1. The highest BCUT2D eigenvalue weighted by atomic mass is 35.5.